The minimum Gasteiger partial charge on any atom is -0.496 e. The molecule has 0 spiro atoms. The molecule has 2 rings (SSSR count). The van der Waals surface area contributed by atoms with Gasteiger partial charge in [0, 0.05) is 11.8 Å². The molecule has 18 heavy (non-hydrogen) atoms. The van der Waals surface area contributed by atoms with E-state index in [2.05, 4.69) is 22.6 Å². The van der Waals surface area contributed by atoms with E-state index in [1.165, 1.54) is 0 Å². The van der Waals surface area contributed by atoms with Crippen LogP contribution < -0.4 is 10.3 Å². The number of pyridine rings is 1. The number of rotatable bonds is 3. The van der Waals surface area contributed by atoms with E-state index in [1.54, 1.807) is 17.9 Å². The summed E-state index contributed by atoms with van der Waals surface area (Å²) >= 11 is 2.05. The molecule has 0 aliphatic heterocycles. The van der Waals surface area contributed by atoms with Crippen LogP contribution in [0.15, 0.2) is 41.3 Å². The Bertz CT molecular complexity index is 619. The zero-order valence-electron chi connectivity index (χ0n) is 10.3. The van der Waals surface area contributed by atoms with Gasteiger partial charge in [-0.25, -0.2) is 0 Å². The van der Waals surface area contributed by atoms with Crippen LogP contribution >= 0.6 is 22.6 Å². The summed E-state index contributed by atoms with van der Waals surface area (Å²) in [5, 5.41) is 0. The zero-order chi connectivity index (χ0) is 13.1. The van der Waals surface area contributed by atoms with Crippen molar-refractivity contribution in [1.82, 2.24) is 4.57 Å². The van der Waals surface area contributed by atoms with Crippen LogP contribution in [0.25, 0.3) is 0 Å². The average molecular weight is 355 g/mol. The second-order valence-corrected chi connectivity index (χ2v) is 5.27. The summed E-state index contributed by atoms with van der Waals surface area (Å²) in [7, 11) is 1.64. The minimum atomic E-state index is 0.0293. The second-order valence-electron chi connectivity index (χ2n) is 4.10. The van der Waals surface area contributed by atoms with Crippen molar-refractivity contribution in [3.05, 3.63) is 61.6 Å². The molecule has 0 N–H and O–H groups in total. The van der Waals surface area contributed by atoms with Gasteiger partial charge in [0.2, 0.25) is 0 Å². The highest BCUT2D eigenvalue weighted by Gasteiger charge is 2.06. The smallest absolute Gasteiger partial charge is 0.264 e. The lowest BCUT2D eigenvalue weighted by Gasteiger charge is -2.11. The quantitative estimate of drug-likeness (QED) is 0.793. The largest absolute Gasteiger partial charge is 0.496 e. The maximum atomic E-state index is 12.0. The summed E-state index contributed by atoms with van der Waals surface area (Å²) in [5.74, 6) is 0.811. The van der Waals surface area contributed by atoms with Crippen LogP contribution in [-0.2, 0) is 6.54 Å². The average Bonchev–Trinajstić information content (AvgIpc) is 2.35. The number of hydrogen-bond acceptors (Lipinski definition) is 2. The van der Waals surface area contributed by atoms with Crippen molar-refractivity contribution in [1.29, 1.82) is 0 Å². The summed E-state index contributed by atoms with van der Waals surface area (Å²) in [6.45, 7) is 2.56. The molecule has 2 aromatic rings. The zero-order valence-corrected chi connectivity index (χ0v) is 12.5. The van der Waals surface area contributed by atoms with Crippen molar-refractivity contribution >= 4 is 22.6 Å². The van der Waals surface area contributed by atoms with Gasteiger partial charge >= 0.3 is 0 Å². The first-order valence-corrected chi connectivity index (χ1v) is 6.68. The van der Waals surface area contributed by atoms with E-state index in [-0.39, 0.29) is 5.56 Å². The number of aromatic nitrogens is 1. The molecule has 0 amide bonds. The molecule has 0 saturated carbocycles. The fraction of sp³-hybridized carbons (Fsp3) is 0.214. The number of aryl methyl sites for hydroxylation is 1. The fourth-order valence-corrected chi connectivity index (χ4v) is 2.36. The molecule has 0 radical (unpaired) electrons. The van der Waals surface area contributed by atoms with Crippen LogP contribution in [0.3, 0.4) is 0 Å². The SMILES string of the molecule is COc1ccc(C)cc1Cn1cccc(I)c1=O. The molecule has 1 aromatic heterocycles. The van der Waals surface area contributed by atoms with Crippen molar-refractivity contribution in [3.8, 4) is 5.75 Å². The summed E-state index contributed by atoms with van der Waals surface area (Å²) in [5.41, 5.74) is 2.20. The van der Waals surface area contributed by atoms with Gasteiger partial charge in [0.1, 0.15) is 5.75 Å². The summed E-state index contributed by atoms with van der Waals surface area (Å²) < 4.78 is 7.74. The molecule has 1 heterocycles. The normalized spacial score (nSPS) is 10.4. The van der Waals surface area contributed by atoms with Gasteiger partial charge in [-0.2, -0.15) is 0 Å². The van der Waals surface area contributed by atoms with Crippen molar-refractivity contribution in [2.75, 3.05) is 7.11 Å². The Hall–Kier alpha value is -1.30. The van der Waals surface area contributed by atoms with Crippen molar-refractivity contribution in [2.45, 2.75) is 13.5 Å². The molecule has 0 fully saturated rings. The van der Waals surface area contributed by atoms with Crippen LogP contribution in [0.5, 0.6) is 5.75 Å². The Labute approximate surface area is 120 Å². The van der Waals surface area contributed by atoms with E-state index < -0.39 is 0 Å². The Morgan fingerprint density at radius 3 is 2.83 bits per heavy atom. The van der Waals surface area contributed by atoms with Gasteiger partial charge in [-0.15, -0.1) is 0 Å². The van der Waals surface area contributed by atoms with Gasteiger partial charge in [-0.3, -0.25) is 4.79 Å². The molecule has 1 aromatic carbocycles. The van der Waals surface area contributed by atoms with Crippen molar-refractivity contribution < 1.29 is 4.74 Å². The predicted octanol–water partition coefficient (Wildman–Crippen LogP) is 2.82. The first-order valence-electron chi connectivity index (χ1n) is 5.60. The standard InChI is InChI=1S/C14H14INO2/c1-10-5-6-13(18-2)11(8-10)9-16-7-3-4-12(15)14(16)17/h3-8H,9H2,1-2H3. The lowest BCUT2D eigenvalue weighted by atomic mass is 10.1. The highest BCUT2D eigenvalue weighted by molar-refractivity contribution is 14.1. The van der Waals surface area contributed by atoms with Crippen LogP contribution in [0.1, 0.15) is 11.1 Å². The molecule has 4 heteroatoms. The molecular formula is C14H14INO2. The first kappa shape index (κ1) is 13.1. The molecule has 3 nitrogen and oxygen atoms in total. The minimum absolute atomic E-state index is 0.0293. The molecule has 0 unspecified atom stereocenters. The Morgan fingerprint density at radius 1 is 1.33 bits per heavy atom. The fourth-order valence-electron chi connectivity index (χ4n) is 1.85. The van der Waals surface area contributed by atoms with Crippen LogP contribution in [0, 0.1) is 10.5 Å². The number of methoxy groups -OCH3 is 1. The summed E-state index contributed by atoms with van der Waals surface area (Å²) in [6, 6.07) is 9.67. The molecule has 0 bridgehead atoms. The van der Waals surface area contributed by atoms with Crippen LogP contribution in [0.4, 0.5) is 0 Å². The highest BCUT2D eigenvalue weighted by atomic mass is 127. The van der Waals surface area contributed by atoms with E-state index in [0.717, 1.165) is 20.4 Å². The number of benzene rings is 1. The molecular weight excluding hydrogens is 341 g/mol. The Kier molecular flexibility index (Phi) is 4.06. The Morgan fingerprint density at radius 2 is 2.11 bits per heavy atom. The number of ether oxygens (including phenoxy) is 1. The van der Waals surface area contributed by atoms with E-state index in [4.69, 9.17) is 4.74 Å². The summed E-state index contributed by atoms with van der Waals surface area (Å²) in [4.78, 5) is 12.0. The molecule has 0 aliphatic carbocycles. The monoisotopic (exact) mass is 355 g/mol. The topological polar surface area (TPSA) is 31.2 Å². The van der Waals surface area contributed by atoms with E-state index in [1.807, 2.05) is 37.3 Å². The highest BCUT2D eigenvalue weighted by Crippen LogP contribution is 2.20. The van der Waals surface area contributed by atoms with Gasteiger partial charge in [-0.05, 0) is 47.7 Å². The molecule has 94 valence electrons. The second kappa shape index (κ2) is 5.56. The van der Waals surface area contributed by atoms with E-state index in [0.29, 0.717) is 6.54 Å². The van der Waals surface area contributed by atoms with Gasteiger partial charge < -0.3 is 9.30 Å². The first-order chi connectivity index (χ1) is 8.61. The molecule has 0 saturated heterocycles. The molecule has 0 atom stereocenters. The number of halogens is 1. The third kappa shape index (κ3) is 2.75. The van der Waals surface area contributed by atoms with Crippen molar-refractivity contribution in [2.24, 2.45) is 0 Å². The lowest BCUT2D eigenvalue weighted by molar-refractivity contribution is 0.408. The predicted molar refractivity (Wildman–Crippen MR) is 80.3 cm³/mol. The Balaban J connectivity index is 2.42. The summed E-state index contributed by atoms with van der Waals surface area (Å²) in [6.07, 6.45) is 1.80. The third-order valence-corrected chi connectivity index (χ3v) is 3.57. The lowest BCUT2D eigenvalue weighted by Crippen LogP contribution is -2.22. The number of nitrogens with zero attached hydrogens (tertiary/aromatic N) is 1. The van der Waals surface area contributed by atoms with Gasteiger partial charge in [0.05, 0.1) is 17.2 Å². The van der Waals surface area contributed by atoms with Gasteiger partial charge in [0.25, 0.3) is 5.56 Å². The number of hydrogen-bond donors (Lipinski definition) is 0. The van der Waals surface area contributed by atoms with Crippen LogP contribution in [-0.4, -0.2) is 11.7 Å². The van der Waals surface area contributed by atoms with E-state index >= 15 is 0 Å². The van der Waals surface area contributed by atoms with E-state index in [9.17, 15) is 4.79 Å². The third-order valence-electron chi connectivity index (χ3n) is 2.75. The van der Waals surface area contributed by atoms with Crippen LogP contribution in [0.2, 0.25) is 0 Å². The molecule has 0 aliphatic rings. The maximum Gasteiger partial charge on any atom is 0.264 e. The maximum absolute atomic E-state index is 12.0. The van der Waals surface area contributed by atoms with Gasteiger partial charge in [0.15, 0.2) is 0 Å². The van der Waals surface area contributed by atoms with Crippen molar-refractivity contribution in [3.63, 3.8) is 0 Å². The van der Waals surface area contributed by atoms with Gasteiger partial charge in [-0.1, -0.05) is 17.7 Å².